The van der Waals surface area contributed by atoms with E-state index in [9.17, 15) is 0 Å². The molecule has 16 heavy (non-hydrogen) atoms. The molecule has 0 aromatic rings. The highest BCUT2D eigenvalue weighted by Crippen LogP contribution is 1.98. The summed E-state index contributed by atoms with van der Waals surface area (Å²) < 4.78 is 10.4. The van der Waals surface area contributed by atoms with Crippen molar-refractivity contribution in [3.63, 3.8) is 0 Å². The average Bonchev–Trinajstić information content (AvgIpc) is 2.31. The first-order valence-electron chi connectivity index (χ1n) is 6.04. The number of hydrogen-bond donors (Lipinski definition) is 1. The van der Waals surface area contributed by atoms with Crippen LogP contribution in [0.2, 0.25) is 0 Å². The van der Waals surface area contributed by atoms with Crippen LogP contribution in [0.1, 0.15) is 33.1 Å². The van der Waals surface area contributed by atoms with E-state index >= 15 is 0 Å². The van der Waals surface area contributed by atoms with E-state index < -0.39 is 0 Å². The second-order valence-electron chi connectivity index (χ2n) is 3.68. The Balaban J connectivity index is 3.59. The summed E-state index contributed by atoms with van der Waals surface area (Å²) in [5.41, 5.74) is 0. The molecule has 0 aromatic heterocycles. The van der Waals surface area contributed by atoms with E-state index in [1.165, 1.54) is 0 Å². The highest BCUT2D eigenvalue weighted by Gasteiger charge is 2.05. The molecule has 0 saturated carbocycles. The standard InChI is InChI=1S/C13H25NO2/c1-4-6-7-13(14-9-5-2)8-10-16-12-11-15-3/h13-14H,5,7-12H2,1-3H3. The van der Waals surface area contributed by atoms with Crippen LogP contribution < -0.4 is 5.32 Å². The molecule has 1 atom stereocenters. The van der Waals surface area contributed by atoms with E-state index in [4.69, 9.17) is 9.47 Å². The Bertz CT molecular complexity index is 196. The summed E-state index contributed by atoms with van der Waals surface area (Å²) in [4.78, 5) is 0. The number of rotatable bonds is 10. The zero-order valence-electron chi connectivity index (χ0n) is 10.8. The zero-order chi connectivity index (χ0) is 12.1. The van der Waals surface area contributed by atoms with Gasteiger partial charge < -0.3 is 14.8 Å². The van der Waals surface area contributed by atoms with Crippen molar-refractivity contribution in [2.45, 2.75) is 39.2 Å². The van der Waals surface area contributed by atoms with Gasteiger partial charge in [0, 0.05) is 26.2 Å². The van der Waals surface area contributed by atoms with Crippen molar-refractivity contribution in [2.24, 2.45) is 0 Å². The lowest BCUT2D eigenvalue weighted by atomic mass is 10.1. The smallest absolute Gasteiger partial charge is 0.0700 e. The predicted octanol–water partition coefficient (Wildman–Crippen LogP) is 1.82. The molecule has 1 N–H and O–H groups in total. The summed E-state index contributed by atoms with van der Waals surface area (Å²) in [7, 11) is 1.69. The quantitative estimate of drug-likeness (QED) is 0.456. The summed E-state index contributed by atoms with van der Waals surface area (Å²) >= 11 is 0. The lowest BCUT2D eigenvalue weighted by Gasteiger charge is -2.15. The maximum atomic E-state index is 5.45. The molecule has 3 nitrogen and oxygen atoms in total. The summed E-state index contributed by atoms with van der Waals surface area (Å²) in [5.74, 6) is 6.05. The Hall–Kier alpha value is -0.560. The van der Waals surface area contributed by atoms with Gasteiger partial charge in [-0.05, 0) is 26.3 Å². The third-order valence-corrected chi connectivity index (χ3v) is 2.25. The van der Waals surface area contributed by atoms with Crippen molar-refractivity contribution < 1.29 is 9.47 Å². The topological polar surface area (TPSA) is 30.5 Å². The van der Waals surface area contributed by atoms with E-state index in [1.807, 2.05) is 6.92 Å². The van der Waals surface area contributed by atoms with Crippen molar-refractivity contribution >= 4 is 0 Å². The van der Waals surface area contributed by atoms with Gasteiger partial charge in [0.25, 0.3) is 0 Å². The Morgan fingerprint density at radius 1 is 1.25 bits per heavy atom. The third-order valence-electron chi connectivity index (χ3n) is 2.25. The molecular weight excluding hydrogens is 202 g/mol. The Morgan fingerprint density at radius 3 is 2.69 bits per heavy atom. The fourth-order valence-corrected chi connectivity index (χ4v) is 1.32. The van der Waals surface area contributed by atoms with Gasteiger partial charge in [0.15, 0.2) is 0 Å². The fraction of sp³-hybridized carbons (Fsp3) is 0.846. The number of ether oxygens (including phenoxy) is 2. The minimum Gasteiger partial charge on any atom is -0.382 e. The summed E-state index contributed by atoms with van der Waals surface area (Å²) in [5, 5.41) is 3.48. The molecule has 0 rings (SSSR count). The monoisotopic (exact) mass is 227 g/mol. The van der Waals surface area contributed by atoms with E-state index in [2.05, 4.69) is 24.1 Å². The molecule has 0 heterocycles. The first kappa shape index (κ1) is 15.4. The van der Waals surface area contributed by atoms with Crippen LogP contribution in [-0.4, -0.2) is 39.5 Å². The SMILES string of the molecule is CC#CCC(CCOCCOC)NCCC. The van der Waals surface area contributed by atoms with Crippen LogP contribution in [0.3, 0.4) is 0 Å². The third kappa shape index (κ3) is 9.97. The second kappa shape index (κ2) is 12.5. The number of hydrogen-bond acceptors (Lipinski definition) is 3. The summed E-state index contributed by atoms with van der Waals surface area (Å²) in [6.45, 7) is 7.22. The van der Waals surface area contributed by atoms with Gasteiger partial charge >= 0.3 is 0 Å². The van der Waals surface area contributed by atoms with Gasteiger partial charge in [0.05, 0.1) is 13.2 Å². The molecule has 0 aliphatic heterocycles. The molecule has 0 fully saturated rings. The molecule has 94 valence electrons. The largest absolute Gasteiger partial charge is 0.382 e. The molecule has 3 heteroatoms. The zero-order valence-corrected chi connectivity index (χ0v) is 10.8. The molecule has 1 unspecified atom stereocenters. The molecule has 0 spiro atoms. The Kier molecular flexibility index (Phi) is 12.1. The van der Waals surface area contributed by atoms with Gasteiger partial charge in [-0.1, -0.05) is 6.92 Å². The minimum atomic E-state index is 0.454. The van der Waals surface area contributed by atoms with Gasteiger partial charge in [0.2, 0.25) is 0 Å². The van der Waals surface area contributed by atoms with Gasteiger partial charge in [-0.15, -0.1) is 11.8 Å². The normalized spacial score (nSPS) is 11.9. The van der Waals surface area contributed by atoms with Crippen molar-refractivity contribution in [2.75, 3.05) is 33.5 Å². The number of nitrogens with one attached hydrogen (secondary N) is 1. The minimum absolute atomic E-state index is 0.454. The van der Waals surface area contributed by atoms with Crippen molar-refractivity contribution in [3.05, 3.63) is 0 Å². The van der Waals surface area contributed by atoms with E-state index in [-0.39, 0.29) is 0 Å². The molecule has 0 radical (unpaired) electrons. The highest BCUT2D eigenvalue weighted by atomic mass is 16.5. The van der Waals surface area contributed by atoms with Crippen LogP contribution in [0, 0.1) is 11.8 Å². The van der Waals surface area contributed by atoms with Crippen LogP contribution in [0.25, 0.3) is 0 Å². The highest BCUT2D eigenvalue weighted by molar-refractivity contribution is 4.98. The van der Waals surface area contributed by atoms with E-state index in [0.717, 1.165) is 32.4 Å². The summed E-state index contributed by atoms with van der Waals surface area (Å²) in [6, 6.07) is 0.454. The molecule has 0 aromatic carbocycles. The van der Waals surface area contributed by atoms with Crippen LogP contribution in [-0.2, 0) is 9.47 Å². The molecule has 0 saturated heterocycles. The lowest BCUT2D eigenvalue weighted by Crippen LogP contribution is -2.30. The van der Waals surface area contributed by atoms with Crippen LogP contribution >= 0.6 is 0 Å². The maximum absolute atomic E-state index is 5.45. The Morgan fingerprint density at radius 2 is 2.06 bits per heavy atom. The first-order chi connectivity index (χ1) is 7.85. The van der Waals surface area contributed by atoms with Gasteiger partial charge in [-0.25, -0.2) is 0 Å². The van der Waals surface area contributed by atoms with E-state index in [1.54, 1.807) is 7.11 Å². The second-order valence-corrected chi connectivity index (χ2v) is 3.68. The lowest BCUT2D eigenvalue weighted by molar-refractivity contribution is 0.0660. The molecule has 0 amide bonds. The predicted molar refractivity (Wildman–Crippen MR) is 67.5 cm³/mol. The maximum Gasteiger partial charge on any atom is 0.0700 e. The average molecular weight is 227 g/mol. The van der Waals surface area contributed by atoms with Crippen molar-refractivity contribution in [1.29, 1.82) is 0 Å². The molecule has 0 aliphatic rings. The fourth-order valence-electron chi connectivity index (χ4n) is 1.32. The van der Waals surface area contributed by atoms with Crippen LogP contribution in [0.5, 0.6) is 0 Å². The van der Waals surface area contributed by atoms with Gasteiger partial charge in [0.1, 0.15) is 0 Å². The van der Waals surface area contributed by atoms with Gasteiger partial charge in [-0.3, -0.25) is 0 Å². The Labute approximate surface area is 99.9 Å². The van der Waals surface area contributed by atoms with Gasteiger partial charge in [-0.2, -0.15) is 0 Å². The summed E-state index contributed by atoms with van der Waals surface area (Å²) in [6.07, 6.45) is 3.07. The molecule has 0 aliphatic carbocycles. The number of methoxy groups -OCH3 is 1. The van der Waals surface area contributed by atoms with Crippen molar-refractivity contribution in [3.8, 4) is 11.8 Å². The van der Waals surface area contributed by atoms with E-state index in [0.29, 0.717) is 19.3 Å². The molecular formula is C13H25NO2. The van der Waals surface area contributed by atoms with Crippen LogP contribution in [0.15, 0.2) is 0 Å². The molecule has 0 bridgehead atoms. The van der Waals surface area contributed by atoms with Crippen molar-refractivity contribution in [1.82, 2.24) is 5.32 Å². The van der Waals surface area contributed by atoms with Crippen LogP contribution in [0.4, 0.5) is 0 Å². The first-order valence-corrected chi connectivity index (χ1v) is 6.04.